The van der Waals surface area contributed by atoms with Gasteiger partial charge in [-0.15, -0.1) is 24.8 Å². The van der Waals surface area contributed by atoms with Crippen molar-refractivity contribution >= 4 is 17.6 Å². The maximum atomic E-state index is 12.2. The number of carbonyl (C=O) groups excluding carboxylic acids is 1. The normalized spacial score (nSPS) is 11.2. The molecule has 1 aromatic rings. The Bertz CT molecular complexity index is 493. The summed E-state index contributed by atoms with van der Waals surface area (Å²) in [6, 6.07) is 0. The Morgan fingerprint density at radius 2 is 2.15 bits per heavy atom. The lowest BCUT2D eigenvalue weighted by molar-refractivity contribution is -0.275. The number of hydrogen-bond acceptors (Lipinski definition) is 5. The SMILES string of the molecule is CCOC(=O)Cc1c(OC(F)(F)F)cnc(CCl)c1O. The van der Waals surface area contributed by atoms with E-state index in [2.05, 4.69) is 14.5 Å². The van der Waals surface area contributed by atoms with Crippen LogP contribution in [0, 0.1) is 0 Å². The van der Waals surface area contributed by atoms with E-state index in [0.29, 0.717) is 0 Å². The maximum Gasteiger partial charge on any atom is 0.573 e. The Hall–Kier alpha value is -1.70. The summed E-state index contributed by atoms with van der Waals surface area (Å²) >= 11 is 5.49. The lowest BCUT2D eigenvalue weighted by Gasteiger charge is -2.15. The van der Waals surface area contributed by atoms with E-state index in [0.717, 1.165) is 6.20 Å². The summed E-state index contributed by atoms with van der Waals surface area (Å²) in [6.07, 6.45) is -4.81. The molecule has 0 atom stereocenters. The Balaban J connectivity index is 3.16. The van der Waals surface area contributed by atoms with Gasteiger partial charge in [-0.1, -0.05) is 0 Å². The number of hydrogen-bond donors (Lipinski definition) is 1. The smallest absolute Gasteiger partial charge is 0.506 e. The molecular formula is C11H11ClF3NO4. The quantitative estimate of drug-likeness (QED) is 0.668. The minimum Gasteiger partial charge on any atom is -0.506 e. The van der Waals surface area contributed by atoms with E-state index in [-0.39, 0.29) is 23.7 Å². The van der Waals surface area contributed by atoms with E-state index in [4.69, 9.17) is 11.6 Å². The number of pyridine rings is 1. The van der Waals surface area contributed by atoms with Gasteiger partial charge in [0.25, 0.3) is 0 Å². The number of nitrogens with zero attached hydrogens (tertiary/aromatic N) is 1. The highest BCUT2D eigenvalue weighted by Gasteiger charge is 2.33. The molecule has 5 nitrogen and oxygen atoms in total. The Morgan fingerprint density at radius 3 is 2.65 bits per heavy atom. The topological polar surface area (TPSA) is 68.7 Å². The van der Waals surface area contributed by atoms with E-state index in [1.807, 2.05) is 0 Å². The van der Waals surface area contributed by atoms with E-state index < -0.39 is 30.3 Å². The van der Waals surface area contributed by atoms with Crippen molar-refractivity contribution in [3.05, 3.63) is 17.5 Å². The third-order valence-electron chi connectivity index (χ3n) is 2.17. The van der Waals surface area contributed by atoms with Crippen LogP contribution < -0.4 is 4.74 Å². The highest BCUT2D eigenvalue weighted by molar-refractivity contribution is 6.17. The standard InChI is InChI=1S/C11H11ClF3NO4/c1-2-19-9(17)3-6-8(20-11(13,14)15)5-16-7(4-12)10(6)18/h5,18H,2-4H2,1H3. The first-order chi connectivity index (χ1) is 9.28. The summed E-state index contributed by atoms with van der Waals surface area (Å²) < 4.78 is 45.1. The molecule has 9 heteroatoms. The van der Waals surface area contributed by atoms with E-state index in [1.165, 1.54) is 0 Å². The molecule has 0 aromatic carbocycles. The van der Waals surface area contributed by atoms with Crippen LogP contribution in [-0.2, 0) is 21.8 Å². The van der Waals surface area contributed by atoms with Crippen molar-refractivity contribution in [2.75, 3.05) is 6.61 Å². The minimum absolute atomic E-state index is 0.0551. The van der Waals surface area contributed by atoms with Crippen molar-refractivity contribution in [2.24, 2.45) is 0 Å². The van der Waals surface area contributed by atoms with Gasteiger partial charge in [0.15, 0.2) is 5.75 Å². The monoisotopic (exact) mass is 313 g/mol. The van der Waals surface area contributed by atoms with E-state index >= 15 is 0 Å². The van der Waals surface area contributed by atoms with Crippen LogP contribution in [0.4, 0.5) is 13.2 Å². The number of rotatable bonds is 5. The third kappa shape index (κ3) is 4.44. The molecule has 0 bridgehead atoms. The number of alkyl halides is 4. The second-order valence-electron chi connectivity index (χ2n) is 3.56. The van der Waals surface area contributed by atoms with Gasteiger partial charge < -0.3 is 14.6 Å². The van der Waals surface area contributed by atoms with Crippen LogP contribution in [0.1, 0.15) is 18.2 Å². The van der Waals surface area contributed by atoms with Crippen molar-refractivity contribution in [3.63, 3.8) is 0 Å². The molecule has 0 fully saturated rings. The second-order valence-corrected chi connectivity index (χ2v) is 3.83. The molecule has 112 valence electrons. The summed E-state index contributed by atoms with van der Waals surface area (Å²) in [6.45, 7) is 1.60. The summed E-state index contributed by atoms with van der Waals surface area (Å²) in [5, 5.41) is 9.78. The Labute approximate surface area is 117 Å². The lowest BCUT2D eigenvalue weighted by Crippen LogP contribution is -2.19. The van der Waals surface area contributed by atoms with Gasteiger partial charge in [0.05, 0.1) is 36.4 Å². The molecule has 1 N–H and O–H groups in total. The summed E-state index contributed by atoms with van der Waals surface area (Å²) in [5.41, 5.74) is -0.424. The Morgan fingerprint density at radius 1 is 1.50 bits per heavy atom. The van der Waals surface area contributed by atoms with Gasteiger partial charge in [-0.25, -0.2) is 0 Å². The number of halogens is 4. The third-order valence-corrected chi connectivity index (χ3v) is 2.43. The van der Waals surface area contributed by atoms with E-state index in [9.17, 15) is 23.1 Å². The fourth-order valence-corrected chi connectivity index (χ4v) is 1.60. The number of aromatic hydroxyl groups is 1. The Kier molecular flexibility index (Phi) is 5.43. The summed E-state index contributed by atoms with van der Waals surface area (Å²) in [7, 11) is 0. The molecule has 0 aliphatic rings. The van der Waals surface area contributed by atoms with Crippen LogP contribution >= 0.6 is 11.6 Å². The number of esters is 1. The molecule has 1 aromatic heterocycles. The molecule has 1 heterocycles. The first-order valence-corrected chi connectivity index (χ1v) is 5.99. The second kappa shape index (κ2) is 6.65. The fourth-order valence-electron chi connectivity index (χ4n) is 1.40. The highest BCUT2D eigenvalue weighted by atomic mass is 35.5. The molecule has 0 aliphatic carbocycles. The maximum absolute atomic E-state index is 12.2. The van der Waals surface area contributed by atoms with Gasteiger partial charge in [0.2, 0.25) is 0 Å². The summed E-state index contributed by atoms with van der Waals surface area (Å²) in [4.78, 5) is 14.9. The van der Waals surface area contributed by atoms with Crippen molar-refractivity contribution in [2.45, 2.75) is 25.6 Å². The van der Waals surface area contributed by atoms with E-state index in [1.54, 1.807) is 6.92 Å². The molecule has 0 spiro atoms. The summed E-state index contributed by atoms with van der Waals surface area (Å²) in [5.74, 6) is -2.42. The van der Waals surface area contributed by atoms with Gasteiger partial charge in [-0.3, -0.25) is 9.78 Å². The molecule has 0 aliphatic heterocycles. The molecule has 0 unspecified atom stereocenters. The molecule has 1 rings (SSSR count). The van der Waals surface area contributed by atoms with Crippen LogP contribution in [0.15, 0.2) is 6.20 Å². The molecule has 0 saturated carbocycles. The predicted octanol–water partition coefficient (Wildman–Crippen LogP) is 2.53. The lowest BCUT2D eigenvalue weighted by atomic mass is 10.1. The van der Waals surface area contributed by atoms with Crippen molar-refractivity contribution in [3.8, 4) is 11.5 Å². The van der Waals surface area contributed by atoms with Gasteiger partial charge in [0, 0.05) is 0 Å². The average molecular weight is 314 g/mol. The number of ether oxygens (including phenoxy) is 2. The zero-order chi connectivity index (χ0) is 15.3. The fraction of sp³-hybridized carbons (Fsp3) is 0.455. The van der Waals surface area contributed by atoms with Crippen LogP contribution in [0.2, 0.25) is 0 Å². The molecule has 0 saturated heterocycles. The number of carbonyl (C=O) groups is 1. The van der Waals surface area contributed by atoms with Crippen LogP contribution in [0.3, 0.4) is 0 Å². The minimum atomic E-state index is -4.97. The largest absolute Gasteiger partial charge is 0.573 e. The van der Waals surface area contributed by atoms with Gasteiger partial charge in [0.1, 0.15) is 5.75 Å². The molecule has 0 radical (unpaired) electrons. The van der Waals surface area contributed by atoms with Crippen molar-refractivity contribution < 1.29 is 32.5 Å². The highest BCUT2D eigenvalue weighted by Crippen LogP contribution is 2.34. The molecule has 20 heavy (non-hydrogen) atoms. The average Bonchev–Trinajstić information content (AvgIpc) is 2.32. The molecule has 0 amide bonds. The van der Waals surface area contributed by atoms with Crippen molar-refractivity contribution in [1.29, 1.82) is 0 Å². The zero-order valence-corrected chi connectivity index (χ0v) is 11.1. The van der Waals surface area contributed by atoms with Crippen molar-refractivity contribution in [1.82, 2.24) is 4.98 Å². The first-order valence-electron chi connectivity index (χ1n) is 5.45. The first kappa shape index (κ1) is 16.4. The number of aromatic nitrogens is 1. The van der Waals surface area contributed by atoms with Crippen LogP contribution in [0.5, 0.6) is 11.5 Å². The predicted molar refractivity (Wildman–Crippen MR) is 62.5 cm³/mol. The van der Waals surface area contributed by atoms with Gasteiger partial charge in [-0.2, -0.15) is 0 Å². The zero-order valence-electron chi connectivity index (χ0n) is 10.3. The molecular weight excluding hydrogens is 303 g/mol. The van der Waals surface area contributed by atoms with Crippen LogP contribution in [-0.4, -0.2) is 29.0 Å². The van der Waals surface area contributed by atoms with Crippen LogP contribution in [0.25, 0.3) is 0 Å². The van der Waals surface area contributed by atoms with Gasteiger partial charge >= 0.3 is 12.3 Å². The van der Waals surface area contributed by atoms with Gasteiger partial charge in [-0.05, 0) is 6.92 Å².